The SMILES string of the molecule is CC(C)(C)[Si](C)(C)O[C@H]1C[C@@H](n2cnc3c(N)ncnc32)O[C@@]12CCC[C@H]2O[Si](C)(C)C(C)(C)C. The zero-order chi connectivity index (χ0) is 26.0. The first-order valence-electron chi connectivity index (χ1n) is 12.9. The van der Waals surface area contributed by atoms with E-state index in [0.717, 1.165) is 25.7 Å². The van der Waals surface area contributed by atoms with E-state index in [-0.39, 0.29) is 28.5 Å². The number of aromatic nitrogens is 4. The maximum Gasteiger partial charge on any atom is 0.192 e. The molecule has 2 aliphatic rings. The molecule has 2 fully saturated rings. The lowest BCUT2D eigenvalue weighted by Gasteiger charge is -2.46. The number of fused-ring (bicyclic) bond motifs is 1. The average molecular weight is 520 g/mol. The molecule has 0 radical (unpaired) electrons. The van der Waals surface area contributed by atoms with Crippen molar-refractivity contribution in [2.75, 3.05) is 5.73 Å². The number of ether oxygens (including phenoxy) is 1. The van der Waals surface area contributed by atoms with Crippen LogP contribution in [0.1, 0.15) is 73.5 Å². The van der Waals surface area contributed by atoms with Crippen molar-refractivity contribution in [1.29, 1.82) is 0 Å². The van der Waals surface area contributed by atoms with Crippen LogP contribution in [0.15, 0.2) is 12.7 Å². The van der Waals surface area contributed by atoms with Gasteiger partial charge in [0.05, 0.1) is 18.5 Å². The fraction of sp³-hybridized carbons (Fsp3) is 0.800. The Balaban J connectivity index is 1.74. The quantitative estimate of drug-likeness (QED) is 0.482. The Morgan fingerprint density at radius 2 is 1.57 bits per heavy atom. The second-order valence-electron chi connectivity index (χ2n) is 13.5. The molecule has 2 aromatic rings. The highest BCUT2D eigenvalue weighted by molar-refractivity contribution is 6.74. The predicted octanol–water partition coefficient (Wildman–Crippen LogP) is 6.03. The molecule has 1 aliphatic heterocycles. The minimum Gasteiger partial charge on any atom is -0.411 e. The van der Waals surface area contributed by atoms with Crippen molar-refractivity contribution in [3.05, 3.63) is 12.7 Å². The highest BCUT2D eigenvalue weighted by Crippen LogP contribution is 2.53. The molecule has 196 valence electrons. The van der Waals surface area contributed by atoms with Crippen molar-refractivity contribution in [3.8, 4) is 0 Å². The Labute approximate surface area is 212 Å². The van der Waals surface area contributed by atoms with Crippen LogP contribution in [0.2, 0.25) is 36.3 Å². The number of anilines is 1. The maximum atomic E-state index is 7.15. The summed E-state index contributed by atoms with van der Waals surface area (Å²) in [5.41, 5.74) is 6.90. The number of imidazole rings is 1. The van der Waals surface area contributed by atoms with Gasteiger partial charge in [-0.25, -0.2) is 15.0 Å². The first-order chi connectivity index (χ1) is 16.0. The van der Waals surface area contributed by atoms with Crippen LogP contribution in [0.5, 0.6) is 0 Å². The van der Waals surface area contributed by atoms with E-state index >= 15 is 0 Å². The summed E-state index contributed by atoms with van der Waals surface area (Å²) in [6.45, 7) is 23.1. The van der Waals surface area contributed by atoms with E-state index in [1.807, 2.05) is 4.57 Å². The third kappa shape index (κ3) is 4.61. The Bertz CT molecular complexity index is 1080. The molecule has 8 nitrogen and oxygen atoms in total. The van der Waals surface area contributed by atoms with Gasteiger partial charge in [-0.05, 0) is 55.5 Å². The van der Waals surface area contributed by atoms with E-state index < -0.39 is 22.2 Å². The molecular formula is C25H45N5O3Si2. The molecule has 0 bridgehead atoms. The number of nitrogens with two attached hydrogens (primary N) is 1. The lowest BCUT2D eigenvalue weighted by molar-refractivity contribution is -0.141. The van der Waals surface area contributed by atoms with Crippen LogP contribution < -0.4 is 5.73 Å². The summed E-state index contributed by atoms with van der Waals surface area (Å²) < 4.78 is 23.3. The van der Waals surface area contributed by atoms with Crippen molar-refractivity contribution in [3.63, 3.8) is 0 Å². The average Bonchev–Trinajstić information content (AvgIpc) is 3.39. The van der Waals surface area contributed by atoms with Crippen molar-refractivity contribution < 1.29 is 13.6 Å². The molecule has 0 amide bonds. The molecule has 10 heteroatoms. The minimum absolute atomic E-state index is 0.0117. The lowest BCUT2D eigenvalue weighted by atomic mass is 9.93. The van der Waals surface area contributed by atoms with E-state index in [9.17, 15) is 0 Å². The zero-order valence-corrected chi connectivity index (χ0v) is 25.3. The molecule has 2 N–H and O–H groups in total. The van der Waals surface area contributed by atoms with Gasteiger partial charge in [-0.15, -0.1) is 0 Å². The van der Waals surface area contributed by atoms with Crippen LogP contribution in [0.4, 0.5) is 5.82 Å². The van der Waals surface area contributed by atoms with E-state index in [1.54, 1.807) is 6.33 Å². The van der Waals surface area contributed by atoms with Gasteiger partial charge in [0.25, 0.3) is 0 Å². The highest BCUT2D eigenvalue weighted by atomic mass is 28.4. The van der Waals surface area contributed by atoms with E-state index in [4.69, 9.17) is 19.3 Å². The van der Waals surface area contributed by atoms with Crippen LogP contribution in [-0.4, -0.2) is 54.0 Å². The van der Waals surface area contributed by atoms with Crippen LogP contribution >= 0.6 is 0 Å². The molecule has 35 heavy (non-hydrogen) atoms. The molecule has 0 aromatic carbocycles. The highest BCUT2D eigenvalue weighted by Gasteiger charge is 2.61. The van der Waals surface area contributed by atoms with E-state index in [0.29, 0.717) is 17.0 Å². The third-order valence-electron chi connectivity index (χ3n) is 9.08. The second kappa shape index (κ2) is 8.61. The Morgan fingerprint density at radius 3 is 2.17 bits per heavy atom. The van der Waals surface area contributed by atoms with Gasteiger partial charge in [-0.1, -0.05) is 41.5 Å². The molecule has 2 aromatic heterocycles. The molecular weight excluding hydrogens is 474 g/mol. The summed E-state index contributed by atoms with van der Waals surface area (Å²) in [5.74, 6) is 0.385. The number of nitrogen functional groups attached to an aromatic ring is 1. The van der Waals surface area contributed by atoms with Crippen LogP contribution in [-0.2, 0) is 13.6 Å². The number of hydrogen-bond acceptors (Lipinski definition) is 7. The van der Waals surface area contributed by atoms with Gasteiger partial charge in [0.15, 0.2) is 28.1 Å². The maximum absolute atomic E-state index is 7.15. The normalized spacial score (nSPS) is 28.5. The molecule has 3 heterocycles. The first-order valence-corrected chi connectivity index (χ1v) is 18.8. The number of nitrogens with zero attached hydrogens (tertiary/aromatic N) is 4. The van der Waals surface area contributed by atoms with Crippen LogP contribution in [0.25, 0.3) is 11.2 Å². The Morgan fingerprint density at radius 1 is 0.971 bits per heavy atom. The number of hydrogen-bond donors (Lipinski definition) is 1. The van der Waals surface area contributed by atoms with Crippen molar-refractivity contribution in [1.82, 2.24) is 19.5 Å². The molecule has 1 saturated carbocycles. The van der Waals surface area contributed by atoms with Gasteiger partial charge in [0.2, 0.25) is 0 Å². The van der Waals surface area contributed by atoms with Gasteiger partial charge in [-0.3, -0.25) is 4.57 Å². The Hall–Kier alpha value is -1.34. The van der Waals surface area contributed by atoms with E-state index in [2.05, 4.69) is 82.7 Å². The molecule has 1 saturated heterocycles. The molecule has 4 rings (SSSR count). The van der Waals surface area contributed by atoms with Gasteiger partial charge in [-0.2, -0.15) is 0 Å². The lowest BCUT2D eigenvalue weighted by Crippen LogP contribution is -2.57. The summed E-state index contributed by atoms with van der Waals surface area (Å²) in [4.78, 5) is 13.1. The van der Waals surface area contributed by atoms with E-state index in [1.165, 1.54) is 6.33 Å². The summed E-state index contributed by atoms with van der Waals surface area (Å²) in [6.07, 6.45) is 6.72. The van der Waals surface area contributed by atoms with Crippen LogP contribution in [0, 0.1) is 0 Å². The van der Waals surface area contributed by atoms with Crippen LogP contribution in [0.3, 0.4) is 0 Å². The Kier molecular flexibility index (Phi) is 6.57. The monoisotopic (exact) mass is 519 g/mol. The summed E-state index contributed by atoms with van der Waals surface area (Å²) in [7, 11) is -4.07. The minimum atomic E-state index is -2.06. The summed E-state index contributed by atoms with van der Waals surface area (Å²) >= 11 is 0. The predicted molar refractivity (Wildman–Crippen MR) is 145 cm³/mol. The molecule has 0 unspecified atom stereocenters. The fourth-order valence-electron chi connectivity index (χ4n) is 4.85. The smallest absolute Gasteiger partial charge is 0.192 e. The van der Waals surface area contributed by atoms with Gasteiger partial charge < -0.3 is 19.3 Å². The van der Waals surface area contributed by atoms with Gasteiger partial charge in [0.1, 0.15) is 23.7 Å². The van der Waals surface area contributed by atoms with Crippen molar-refractivity contribution in [2.24, 2.45) is 0 Å². The van der Waals surface area contributed by atoms with Gasteiger partial charge in [0, 0.05) is 6.42 Å². The summed E-state index contributed by atoms with van der Waals surface area (Å²) in [6, 6.07) is 0. The zero-order valence-electron chi connectivity index (χ0n) is 23.3. The molecule has 1 spiro atoms. The molecule has 4 atom stereocenters. The topological polar surface area (TPSA) is 97.3 Å². The standard InChI is InChI=1S/C25H45N5O3Si2/c1-23(2,3)34(7,8)32-17-12-11-13-25(17)18(33-35(9,10)24(4,5)6)14-19(31-25)30-16-29-20-21(26)27-15-28-22(20)30/h15-19H,11-14H2,1-10H3,(H2,26,27,28)/t17-,18+,19+,25-/m1/s1. The third-order valence-corrected chi connectivity index (χ3v) is 18.1. The van der Waals surface area contributed by atoms with Crippen molar-refractivity contribution >= 4 is 33.6 Å². The summed E-state index contributed by atoms with van der Waals surface area (Å²) in [5, 5.41) is 0.226. The van der Waals surface area contributed by atoms with Crippen molar-refractivity contribution in [2.45, 2.75) is 128 Å². The largest absolute Gasteiger partial charge is 0.411 e. The number of rotatable bonds is 5. The van der Waals surface area contributed by atoms with Gasteiger partial charge >= 0.3 is 0 Å². The first kappa shape index (κ1) is 26.7. The fourth-order valence-corrected chi connectivity index (χ4v) is 7.60. The second-order valence-corrected chi connectivity index (χ2v) is 23.0. The molecule has 1 aliphatic carbocycles.